The van der Waals surface area contributed by atoms with E-state index in [1.54, 1.807) is 33.1 Å². The van der Waals surface area contributed by atoms with E-state index in [2.05, 4.69) is 4.90 Å². The summed E-state index contributed by atoms with van der Waals surface area (Å²) in [6, 6.07) is 11.9. The Morgan fingerprint density at radius 3 is 2.44 bits per heavy atom. The minimum absolute atomic E-state index is 0.110. The molecule has 0 radical (unpaired) electrons. The van der Waals surface area contributed by atoms with Gasteiger partial charge in [0.05, 0.1) is 33.0 Å². The van der Waals surface area contributed by atoms with Gasteiger partial charge in [-0.2, -0.15) is 0 Å². The van der Waals surface area contributed by atoms with E-state index < -0.39 is 0 Å². The average Bonchev–Trinajstić information content (AvgIpc) is 3.41. The number of carbonyl (C=O) groups excluding carboxylic acids is 1. The summed E-state index contributed by atoms with van der Waals surface area (Å²) >= 11 is 1.73. The van der Waals surface area contributed by atoms with Crippen LogP contribution in [0.1, 0.15) is 28.8 Å². The second-order valence-corrected chi connectivity index (χ2v) is 9.57. The highest BCUT2D eigenvalue weighted by Gasteiger charge is 2.26. The molecule has 34 heavy (non-hydrogen) atoms. The zero-order chi connectivity index (χ0) is 23.9. The van der Waals surface area contributed by atoms with E-state index in [1.807, 2.05) is 41.3 Å². The summed E-state index contributed by atoms with van der Waals surface area (Å²) in [5.74, 6) is 2.95. The molecule has 2 aromatic rings. The number of hydrogen-bond donors (Lipinski definition) is 0. The molecule has 2 saturated heterocycles. The van der Waals surface area contributed by atoms with Gasteiger partial charge in [-0.1, -0.05) is 18.2 Å². The van der Waals surface area contributed by atoms with Crippen molar-refractivity contribution >= 4 is 17.7 Å². The van der Waals surface area contributed by atoms with Gasteiger partial charge in [-0.05, 0) is 31.0 Å². The van der Waals surface area contributed by atoms with Crippen LogP contribution < -0.4 is 14.2 Å². The van der Waals surface area contributed by atoms with Crippen LogP contribution in [0.15, 0.2) is 41.3 Å². The molecule has 8 heteroatoms. The van der Waals surface area contributed by atoms with Crippen molar-refractivity contribution < 1.29 is 23.7 Å². The summed E-state index contributed by atoms with van der Waals surface area (Å²) < 4.78 is 22.3. The van der Waals surface area contributed by atoms with Gasteiger partial charge in [-0.25, -0.2) is 0 Å². The fourth-order valence-electron chi connectivity index (χ4n) is 4.54. The summed E-state index contributed by atoms with van der Waals surface area (Å²) in [6.07, 6.45) is 2.53. The van der Waals surface area contributed by atoms with E-state index in [1.165, 1.54) is 0 Å². The van der Waals surface area contributed by atoms with Gasteiger partial charge in [0.25, 0.3) is 5.91 Å². The highest BCUT2D eigenvalue weighted by Crippen LogP contribution is 2.40. The second kappa shape index (κ2) is 11.8. The van der Waals surface area contributed by atoms with E-state index in [-0.39, 0.29) is 5.91 Å². The molecule has 4 rings (SSSR count). The van der Waals surface area contributed by atoms with Gasteiger partial charge < -0.3 is 23.8 Å². The molecule has 0 spiro atoms. The first-order chi connectivity index (χ1) is 16.6. The average molecular weight is 487 g/mol. The number of hydrogen-bond acceptors (Lipinski definition) is 7. The zero-order valence-electron chi connectivity index (χ0n) is 20.2. The van der Waals surface area contributed by atoms with Gasteiger partial charge >= 0.3 is 0 Å². The number of methoxy groups -OCH3 is 3. The Balaban J connectivity index is 1.37. The van der Waals surface area contributed by atoms with Gasteiger partial charge in [-0.3, -0.25) is 9.69 Å². The topological polar surface area (TPSA) is 60.5 Å². The van der Waals surface area contributed by atoms with Crippen molar-refractivity contribution in [1.82, 2.24) is 9.80 Å². The van der Waals surface area contributed by atoms with E-state index in [4.69, 9.17) is 18.9 Å². The SMILES string of the molecule is COc1ccc(CN2CCN(C(=O)c3ccccc3SCC3CCCO3)CC2)c(OC)c1OC. The molecule has 0 N–H and O–H groups in total. The van der Waals surface area contributed by atoms with Crippen molar-refractivity contribution in [2.24, 2.45) is 0 Å². The molecule has 0 bridgehead atoms. The molecule has 0 saturated carbocycles. The number of thioether (sulfide) groups is 1. The molecule has 2 fully saturated rings. The lowest BCUT2D eigenvalue weighted by Crippen LogP contribution is -2.48. The van der Waals surface area contributed by atoms with E-state index >= 15 is 0 Å². The Labute approximate surface area is 206 Å². The zero-order valence-corrected chi connectivity index (χ0v) is 21.1. The van der Waals surface area contributed by atoms with Crippen LogP contribution in [0.2, 0.25) is 0 Å². The first-order valence-electron chi connectivity index (χ1n) is 11.8. The Morgan fingerprint density at radius 2 is 1.76 bits per heavy atom. The van der Waals surface area contributed by atoms with E-state index in [9.17, 15) is 4.79 Å². The minimum atomic E-state index is 0.110. The Hall–Kier alpha value is -2.42. The largest absolute Gasteiger partial charge is 0.493 e. The first kappa shape index (κ1) is 24.7. The van der Waals surface area contributed by atoms with Crippen LogP contribution in [-0.2, 0) is 11.3 Å². The highest BCUT2D eigenvalue weighted by atomic mass is 32.2. The third-order valence-corrected chi connectivity index (χ3v) is 7.61. The number of piperazine rings is 1. The lowest BCUT2D eigenvalue weighted by Gasteiger charge is -2.35. The molecule has 1 amide bonds. The number of amides is 1. The Bertz CT molecular complexity index is 972. The molecule has 2 aliphatic rings. The number of ether oxygens (including phenoxy) is 4. The Morgan fingerprint density at radius 1 is 1.00 bits per heavy atom. The van der Waals surface area contributed by atoms with Gasteiger partial charge in [0, 0.05) is 55.5 Å². The smallest absolute Gasteiger partial charge is 0.255 e. The summed E-state index contributed by atoms with van der Waals surface area (Å²) in [7, 11) is 4.88. The van der Waals surface area contributed by atoms with Crippen LogP contribution in [0.3, 0.4) is 0 Å². The fourth-order valence-corrected chi connectivity index (χ4v) is 5.65. The normalized spacial score (nSPS) is 18.7. The van der Waals surface area contributed by atoms with Gasteiger partial charge in [-0.15, -0.1) is 11.8 Å². The molecule has 2 aromatic carbocycles. The molecule has 1 atom stereocenters. The van der Waals surface area contributed by atoms with Crippen LogP contribution in [-0.4, -0.2) is 81.7 Å². The third kappa shape index (κ3) is 5.62. The third-order valence-electron chi connectivity index (χ3n) is 6.41. The van der Waals surface area contributed by atoms with Crippen molar-refractivity contribution in [2.45, 2.75) is 30.4 Å². The monoisotopic (exact) mass is 486 g/mol. The van der Waals surface area contributed by atoms with Crippen LogP contribution in [0.25, 0.3) is 0 Å². The van der Waals surface area contributed by atoms with Crippen LogP contribution in [0, 0.1) is 0 Å². The van der Waals surface area contributed by atoms with Crippen molar-refractivity contribution in [3.63, 3.8) is 0 Å². The number of rotatable bonds is 9. The highest BCUT2D eigenvalue weighted by molar-refractivity contribution is 7.99. The van der Waals surface area contributed by atoms with E-state index in [0.29, 0.717) is 36.4 Å². The molecule has 0 aliphatic carbocycles. The van der Waals surface area contributed by atoms with Crippen molar-refractivity contribution in [3.8, 4) is 17.2 Å². The standard InChI is InChI=1S/C26H34N2O5S/c1-30-22-11-10-19(24(31-2)25(22)32-3)17-27-12-14-28(15-13-27)26(29)21-8-4-5-9-23(21)34-18-20-7-6-16-33-20/h4-5,8-11,20H,6-7,12-18H2,1-3H3. The molecule has 184 valence electrons. The number of carbonyl (C=O) groups is 1. The predicted octanol–water partition coefficient (Wildman–Crippen LogP) is 3.94. The summed E-state index contributed by atoms with van der Waals surface area (Å²) in [4.78, 5) is 18.7. The lowest BCUT2D eigenvalue weighted by molar-refractivity contribution is 0.0624. The lowest BCUT2D eigenvalue weighted by atomic mass is 10.1. The summed E-state index contributed by atoms with van der Waals surface area (Å²) in [5, 5.41) is 0. The van der Waals surface area contributed by atoms with E-state index in [0.717, 1.165) is 60.9 Å². The minimum Gasteiger partial charge on any atom is -0.493 e. The summed E-state index contributed by atoms with van der Waals surface area (Å²) in [6.45, 7) is 4.56. The molecular weight excluding hydrogens is 452 g/mol. The second-order valence-electron chi connectivity index (χ2n) is 8.50. The summed E-state index contributed by atoms with van der Waals surface area (Å²) in [5.41, 5.74) is 1.83. The quantitative estimate of drug-likeness (QED) is 0.498. The molecule has 2 aliphatic heterocycles. The molecular formula is C26H34N2O5S. The first-order valence-corrected chi connectivity index (χ1v) is 12.8. The van der Waals surface area contributed by atoms with Gasteiger partial charge in [0.2, 0.25) is 5.75 Å². The maximum absolute atomic E-state index is 13.3. The maximum atomic E-state index is 13.3. The Kier molecular flexibility index (Phi) is 8.59. The predicted molar refractivity (Wildman–Crippen MR) is 133 cm³/mol. The van der Waals surface area contributed by atoms with Crippen molar-refractivity contribution in [2.75, 3.05) is 59.9 Å². The van der Waals surface area contributed by atoms with Crippen molar-refractivity contribution in [1.29, 1.82) is 0 Å². The molecule has 2 heterocycles. The fraction of sp³-hybridized carbons (Fsp3) is 0.500. The van der Waals surface area contributed by atoms with Crippen LogP contribution in [0.5, 0.6) is 17.2 Å². The molecule has 1 unspecified atom stereocenters. The molecule has 0 aromatic heterocycles. The molecule has 7 nitrogen and oxygen atoms in total. The van der Waals surface area contributed by atoms with Crippen LogP contribution >= 0.6 is 11.8 Å². The maximum Gasteiger partial charge on any atom is 0.255 e. The van der Waals surface area contributed by atoms with Crippen LogP contribution in [0.4, 0.5) is 0 Å². The van der Waals surface area contributed by atoms with Gasteiger partial charge in [0.1, 0.15) is 0 Å². The van der Waals surface area contributed by atoms with Crippen molar-refractivity contribution in [3.05, 3.63) is 47.5 Å². The number of benzene rings is 2. The number of nitrogens with zero attached hydrogens (tertiary/aromatic N) is 2. The van der Waals surface area contributed by atoms with Gasteiger partial charge in [0.15, 0.2) is 11.5 Å².